The molecule has 0 aromatic carbocycles. The van der Waals surface area contributed by atoms with E-state index < -0.39 is 0 Å². The summed E-state index contributed by atoms with van der Waals surface area (Å²) in [5.41, 5.74) is 11.9. The van der Waals surface area contributed by atoms with Crippen molar-refractivity contribution in [3.05, 3.63) is 0 Å². The third kappa shape index (κ3) is 10.2. The average Bonchev–Trinajstić information content (AvgIpc) is 2.23. The highest BCUT2D eigenvalue weighted by molar-refractivity contribution is 4.69. The van der Waals surface area contributed by atoms with Gasteiger partial charge in [-0.05, 0) is 12.8 Å². The van der Waals surface area contributed by atoms with Crippen LogP contribution in [0, 0.1) is 0 Å². The van der Waals surface area contributed by atoms with Gasteiger partial charge in [-0.1, -0.05) is 39.5 Å². The van der Waals surface area contributed by atoms with Crippen molar-refractivity contribution in [1.29, 1.82) is 0 Å². The van der Waals surface area contributed by atoms with E-state index in [1.54, 1.807) is 0 Å². The third-order valence-electron chi connectivity index (χ3n) is 2.67. The van der Waals surface area contributed by atoms with Crippen LogP contribution < -0.4 is 16.8 Å². The van der Waals surface area contributed by atoms with Crippen molar-refractivity contribution in [3.8, 4) is 0 Å². The Morgan fingerprint density at radius 2 is 1.27 bits per heavy atom. The average molecular weight is 215 g/mol. The highest BCUT2D eigenvalue weighted by Crippen LogP contribution is 1.98. The molecule has 0 bridgehead atoms. The van der Waals surface area contributed by atoms with E-state index in [1.165, 1.54) is 25.7 Å². The minimum absolute atomic E-state index is 0.295. The van der Waals surface area contributed by atoms with Gasteiger partial charge >= 0.3 is 0 Å². The van der Waals surface area contributed by atoms with E-state index in [0.717, 1.165) is 25.9 Å². The maximum atomic E-state index is 5.94. The molecule has 3 nitrogen and oxygen atoms in total. The summed E-state index contributed by atoms with van der Waals surface area (Å²) in [6, 6.07) is 0.589. The van der Waals surface area contributed by atoms with Gasteiger partial charge in [0.25, 0.3) is 0 Å². The van der Waals surface area contributed by atoms with Crippen molar-refractivity contribution in [2.24, 2.45) is 11.5 Å². The van der Waals surface area contributed by atoms with Crippen LogP contribution in [0.25, 0.3) is 0 Å². The van der Waals surface area contributed by atoms with E-state index in [0.29, 0.717) is 12.1 Å². The molecule has 92 valence electrons. The van der Waals surface area contributed by atoms with E-state index in [-0.39, 0.29) is 0 Å². The Labute approximate surface area is 95.0 Å². The fraction of sp³-hybridized carbons (Fsp3) is 1.00. The topological polar surface area (TPSA) is 64.1 Å². The Kier molecular flexibility index (Phi) is 10.3. The first kappa shape index (κ1) is 14.9. The van der Waals surface area contributed by atoms with Crippen LogP contribution in [0.1, 0.15) is 52.4 Å². The molecule has 0 amide bonds. The molecular formula is C12H29N3. The highest BCUT2D eigenvalue weighted by Gasteiger charge is 2.04. The summed E-state index contributed by atoms with van der Waals surface area (Å²) in [6.07, 6.45) is 7.14. The van der Waals surface area contributed by atoms with Gasteiger partial charge in [0, 0.05) is 25.2 Å². The molecule has 2 atom stereocenters. The monoisotopic (exact) mass is 215 g/mol. The maximum absolute atomic E-state index is 5.94. The predicted octanol–water partition coefficient (Wildman–Crippen LogP) is 1.61. The normalized spacial score (nSPS) is 15.2. The van der Waals surface area contributed by atoms with Gasteiger partial charge in [0.15, 0.2) is 0 Å². The zero-order valence-electron chi connectivity index (χ0n) is 10.5. The number of unbranched alkanes of at least 4 members (excludes halogenated alkanes) is 2. The van der Waals surface area contributed by atoms with E-state index in [2.05, 4.69) is 19.2 Å². The molecule has 0 aliphatic carbocycles. The van der Waals surface area contributed by atoms with Gasteiger partial charge in [-0.15, -0.1) is 0 Å². The van der Waals surface area contributed by atoms with Crippen molar-refractivity contribution in [1.82, 2.24) is 5.32 Å². The Balaban J connectivity index is 3.27. The SMILES string of the molecule is CCCCC(N)CNCC(N)CCCC. The predicted molar refractivity (Wildman–Crippen MR) is 67.9 cm³/mol. The van der Waals surface area contributed by atoms with Gasteiger partial charge in [0.2, 0.25) is 0 Å². The van der Waals surface area contributed by atoms with E-state index >= 15 is 0 Å². The minimum Gasteiger partial charge on any atom is -0.327 e. The van der Waals surface area contributed by atoms with Crippen LogP contribution >= 0.6 is 0 Å². The number of nitrogens with one attached hydrogen (secondary N) is 1. The maximum Gasteiger partial charge on any atom is 0.0165 e. The summed E-state index contributed by atoms with van der Waals surface area (Å²) in [4.78, 5) is 0. The molecule has 5 N–H and O–H groups in total. The van der Waals surface area contributed by atoms with Crippen LogP contribution in [0.4, 0.5) is 0 Å². The first-order valence-corrected chi connectivity index (χ1v) is 6.42. The highest BCUT2D eigenvalue weighted by atomic mass is 14.9. The second-order valence-electron chi connectivity index (χ2n) is 4.46. The van der Waals surface area contributed by atoms with Gasteiger partial charge in [-0.2, -0.15) is 0 Å². The van der Waals surface area contributed by atoms with Gasteiger partial charge in [0.1, 0.15) is 0 Å². The summed E-state index contributed by atoms with van der Waals surface area (Å²) in [5.74, 6) is 0. The quantitative estimate of drug-likeness (QED) is 0.519. The zero-order valence-corrected chi connectivity index (χ0v) is 10.5. The lowest BCUT2D eigenvalue weighted by Crippen LogP contribution is -2.40. The van der Waals surface area contributed by atoms with Gasteiger partial charge in [-0.3, -0.25) is 0 Å². The summed E-state index contributed by atoms with van der Waals surface area (Å²) in [7, 11) is 0. The van der Waals surface area contributed by atoms with Crippen molar-refractivity contribution in [2.75, 3.05) is 13.1 Å². The third-order valence-corrected chi connectivity index (χ3v) is 2.67. The number of rotatable bonds is 10. The van der Waals surface area contributed by atoms with Gasteiger partial charge < -0.3 is 16.8 Å². The van der Waals surface area contributed by atoms with Crippen molar-refractivity contribution in [2.45, 2.75) is 64.5 Å². The molecule has 0 rings (SSSR count). The van der Waals surface area contributed by atoms with Crippen LogP contribution in [0.15, 0.2) is 0 Å². The number of nitrogens with two attached hydrogens (primary N) is 2. The minimum atomic E-state index is 0.295. The first-order chi connectivity index (χ1) is 7.20. The number of hydrogen-bond acceptors (Lipinski definition) is 3. The molecule has 0 spiro atoms. The summed E-state index contributed by atoms with van der Waals surface area (Å²) in [6.45, 7) is 6.20. The van der Waals surface area contributed by atoms with E-state index in [1.807, 2.05) is 0 Å². The zero-order chi connectivity index (χ0) is 11.5. The molecule has 0 aromatic heterocycles. The standard InChI is InChI=1S/C12H29N3/c1-3-5-7-11(13)9-15-10-12(14)8-6-4-2/h11-12,15H,3-10,13-14H2,1-2H3. The summed E-state index contributed by atoms with van der Waals surface area (Å²) >= 11 is 0. The van der Waals surface area contributed by atoms with Crippen molar-refractivity contribution < 1.29 is 0 Å². The van der Waals surface area contributed by atoms with E-state index in [4.69, 9.17) is 11.5 Å². The molecule has 0 fully saturated rings. The first-order valence-electron chi connectivity index (χ1n) is 6.42. The largest absolute Gasteiger partial charge is 0.327 e. The lowest BCUT2D eigenvalue weighted by molar-refractivity contribution is 0.481. The second kappa shape index (κ2) is 10.4. The van der Waals surface area contributed by atoms with Gasteiger partial charge in [-0.25, -0.2) is 0 Å². The molecule has 15 heavy (non-hydrogen) atoms. The molecule has 0 heterocycles. The molecule has 0 aliphatic rings. The Morgan fingerprint density at radius 1 is 0.867 bits per heavy atom. The Morgan fingerprint density at radius 3 is 1.60 bits per heavy atom. The molecule has 0 radical (unpaired) electrons. The lowest BCUT2D eigenvalue weighted by Gasteiger charge is -2.15. The summed E-state index contributed by atoms with van der Waals surface area (Å²) in [5, 5.41) is 3.35. The van der Waals surface area contributed by atoms with Crippen LogP contribution in [-0.2, 0) is 0 Å². The Bertz CT molecular complexity index is 114. The molecule has 2 unspecified atom stereocenters. The Hall–Kier alpha value is -0.120. The number of hydrogen-bond donors (Lipinski definition) is 3. The van der Waals surface area contributed by atoms with E-state index in [9.17, 15) is 0 Å². The molecular weight excluding hydrogens is 186 g/mol. The van der Waals surface area contributed by atoms with Crippen LogP contribution in [0.3, 0.4) is 0 Å². The lowest BCUT2D eigenvalue weighted by atomic mass is 10.1. The second-order valence-corrected chi connectivity index (χ2v) is 4.46. The molecule has 0 aromatic rings. The smallest absolute Gasteiger partial charge is 0.0165 e. The van der Waals surface area contributed by atoms with Crippen molar-refractivity contribution >= 4 is 0 Å². The molecule has 0 saturated carbocycles. The van der Waals surface area contributed by atoms with Crippen LogP contribution in [0.5, 0.6) is 0 Å². The van der Waals surface area contributed by atoms with Gasteiger partial charge in [0.05, 0.1) is 0 Å². The fourth-order valence-corrected chi connectivity index (χ4v) is 1.59. The van der Waals surface area contributed by atoms with Crippen LogP contribution in [0.2, 0.25) is 0 Å². The molecule has 0 aliphatic heterocycles. The summed E-state index contributed by atoms with van der Waals surface area (Å²) < 4.78 is 0. The molecule has 3 heteroatoms. The molecule has 0 saturated heterocycles. The van der Waals surface area contributed by atoms with Crippen LogP contribution in [-0.4, -0.2) is 25.2 Å². The fourth-order valence-electron chi connectivity index (χ4n) is 1.59. The van der Waals surface area contributed by atoms with Crippen molar-refractivity contribution in [3.63, 3.8) is 0 Å².